The van der Waals surface area contributed by atoms with Crippen molar-refractivity contribution in [2.75, 3.05) is 26.5 Å². The Hall–Kier alpha value is -1.12. The van der Waals surface area contributed by atoms with Crippen LogP contribution in [0.4, 0.5) is 0 Å². The summed E-state index contributed by atoms with van der Waals surface area (Å²) in [5, 5.41) is -0.622. The highest BCUT2D eigenvalue weighted by atomic mass is 32.2. The summed E-state index contributed by atoms with van der Waals surface area (Å²) in [4.78, 5) is 0.117. The van der Waals surface area contributed by atoms with Gasteiger partial charge in [0.25, 0.3) is 0 Å². The van der Waals surface area contributed by atoms with Gasteiger partial charge in [0.2, 0.25) is 10.0 Å². The van der Waals surface area contributed by atoms with E-state index in [4.69, 9.17) is 4.74 Å². The quantitative estimate of drug-likeness (QED) is 0.807. The number of hydrogen-bond donors (Lipinski definition) is 0. The number of ether oxygens (including phenoxy) is 1. The Bertz CT molecular complexity index is 696. The van der Waals surface area contributed by atoms with Gasteiger partial charge in [0.15, 0.2) is 9.84 Å². The van der Waals surface area contributed by atoms with E-state index >= 15 is 0 Å². The molecule has 1 aliphatic heterocycles. The molecule has 1 aliphatic rings. The molecule has 0 N–H and O–H groups in total. The summed E-state index contributed by atoms with van der Waals surface area (Å²) in [7, 11) is -5.44. The minimum atomic E-state index is -3.68. The average molecular weight is 319 g/mol. The van der Waals surface area contributed by atoms with Crippen LogP contribution >= 0.6 is 0 Å². The van der Waals surface area contributed by atoms with Gasteiger partial charge >= 0.3 is 0 Å². The second-order valence-corrected chi connectivity index (χ2v) is 9.05. The van der Waals surface area contributed by atoms with Crippen molar-refractivity contribution in [1.82, 2.24) is 4.31 Å². The summed E-state index contributed by atoms with van der Waals surface area (Å²) < 4.78 is 54.1. The van der Waals surface area contributed by atoms with Crippen molar-refractivity contribution in [3.05, 3.63) is 24.3 Å². The second-order valence-electron chi connectivity index (χ2n) is 4.78. The Labute approximate surface area is 119 Å². The fraction of sp³-hybridized carbons (Fsp3) is 0.500. The molecule has 112 valence electrons. The van der Waals surface area contributed by atoms with E-state index in [1.807, 2.05) is 0 Å². The summed E-state index contributed by atoms with van der Waals surface area (Å²) in [6, 6.07) is 6.16. The molecule has 2 rings (SSSR count). The summed E-state index contributed by atoms with van der Waals surface area (Å²) in [5.74, 6) is 0.449. The van der Waals surface area contributed by atoms with Crippen molar-refractivity contribution in [3.8, 4) is 5.75 Å². The molecule has 0 saturated carbocycles. The van der Waals surface area contributed by atoms with Gasteiger partial charge in [0.1, 0.15) is 5.75 Å². The van der Waals surface area contributed by atoms with Gasteiger partial charge in [-0.2, -0.15) is 4.31 Å². The predicted molar refractivity (Wildman–Crippen MR) is 75.0 cm³/mol. The van der Waals surface area contributed by atoms with E-state index in [0.29, 0.717) is 12.2 Å². The van der Waals surface area contributed by atoms with E-state index in [9.17, 15) is 16.8 Å². The predicted octanol–water partition coefficient (Wildman–Crippen LogP) is 0.503. The van der Waals surface area contributed by atoms with Crippen LogP contribution in [0.3, 0.4) is 0 Å². The molecule has 0 aliphatic carbocycles. The van der Waals surface area contributed by atoms with Gasteiger partial charge in [-0.3, -0.25) is 0 Å². The highest BCUT2D eigenvalue weighted by Crippen LogP contribution is 2.26. The van der Waals surface area contributed by atoms with E-state index in [0.717, 1.165) is 6.26 Å². The smallest absolute Gasteiger partial charge is 0.243 e. The zero-order valence-electron chi connectivity index (χ0n) is 11.3. The number of sulfone groups is 1. The van der Waals surface area contributed by atoms with Crippen LogP contribution in [0, 0.1) is 0 Å². The normalized spacial score (nSPS) is 21.0. The van der Waals surface area contributed by atoms with Gasteiger partial charge in [0, 0.05) is 25.4 Å². The largest absolute Gasteiger partial charge is 0.497 e. The summed E-state index contributed by atoms with van der Waals surface area (Å²) in [5.41, 5.74) is 0. The number of sulfonamides is 1. The molecular formula is C12H17NO5S2. The first kappa shape index (κ1) is 15.3. The molecule has 0 bridgehead atoms. The molecule has 6 nitrogen and oxygen atoms in total. The van der Waals surface area contributed by atoms with Crippen LogP contribution in [0.25, 0.3) is 0 Å². The van der Waals surface area contributed by atoms with Crippen LogP contribution < -0.4 is 4.74 Å². The number of hydrogen-bond acceptors (Lipinski definition) is 5. The van der Waals surface area contributed by atoms with E-state index in [1.165, 1.54) is 23.5 Å². The minimum absolute atomic E-state index is 0.0123. The molecule has 0 radical (unpaired) electrons. The fourth-order valence-electron chi connectivity index (χ4n) is 2.18. The molecule has 1 saturated heterocycles. The monoisotopic (exact) mass is 319 g/mol. The van der Waals surface area contributed by atoms with Gasteiger partial charge in [-0.05, 0) is 18.6 Å². The Morgan fingerprint density at radius 3 is 2.50 bits per heavy atom. The highest BCUT2D eigenvalue weighted by Gasteiger charge is 2.37. The molecule has 1 aromatic rings. The van der Waals surface area contributed by atoms with Gasteiger partial charge in [-0.25, -0.2) is 16.8 Å². The van der Waals surface area contributed by atoms with Crippen LogP contribution in [0.2, 0.25) is 0 Å². The number of rotatable bonds is 4. The Morgan fingerprint density at radius 2 is 1.95 bits per heavy atom. The van der Waals surface area contributed by atoms with E-state index in [2.05, 4.69) is 0 Å². The van der Waals surface area contributed by atoms with E-state index in [-0.39, 0.29) is 18.0 Å². The van der Waals surface area contributed by atoms with Crippen LogP contribution in [0.5, 0.6) is 5.75 Å². The van der Waals surface area contributed by atoms with Crippen LogP contribution in [0.15, 0.2) is 29.2 Å². The standard InChI is InChI=1S/C12H17NO5S2/c1-18-10-4-3-5-11(8-10)20(16,17)13-7-6-12(9-13)19(2,14)15/h3-5,8,12H,6-7,9H2,1-2H3/t12-/m0/s1. The van der Waals surface area contributed by atoms with Gasteiger partial charge < -0.3 is 4.74 Å². The SMILES string of the molecule is COc1cccc(S(=O)(=O)N2CC[C@H](S(C)(=O)=O)C2)c1. The summed E-state index contributed by atoms with van der Waals surface area (Å²) >= 11 is 0. The van der Waals surface area contributed by atoms with E-state index in [1.54, 1.807) is 12.1 Å². The molecule has 1 atom stereocenters. The third kappa shape index (κ3) is 2.97. The van der Waals surface area contributed by atoms with Gasteiger partial charge in [0.05, 0.1) is 17.3 Å². The Balaban J connectivity index is 2.28. The zero-order valence-corrected chi connectivity index (χ0v) is 12.9. The third-order valence-electron chi connectivity index (χ3n) is 3.39. The van der Waals surface area contributed by atoms with Crippen molar-refractivity contribution in [2.45, 2.75) is 16.6 Å². The first-order valence-corrected chi connectivity index (χ1v) is 9.47. The zero-order chi connectivity index (χ0) is 15.0. The molecule has 0 amide bonds. The van der Waals surface area contributed by atoms with Crippen molar-refractivity contribution >= 4 is 19.9 Å². The minimum Gasteiger partial charge on any atom is -0.497 e. The fourth-order valence-corrected chi connectivity index (χ4v) is 4.79. The number of benzene rings is 1. The topological polar surface area (TPSA) is 80.8 Å². The number of methoxy groups -OCH3 is 1. The first-order valence-electron chi connectivity index (χ1n) is 6.08. The van der Waals surface area contributed by atoms with Crippen molar-refractivity contribution in [3.63, 3.8) is 0 Å². The van der Waals surface area contributed by atoms with Crippen LogP contribution in [0.1, 0.15) is 6.42 Å². The average Bonchev–Trinajstić information content (AvgIpc) is 2.89. The molecule has 0 spiro atoms. The second kappa shape index (κ2) is 5.34. The molecule has 8 heteroatoms. The summed E-state index contributed by atoms with van der Waals surface area (Å²) in [6.45, 7) is 0.232. The van der Waals surface area contributed by atoms with E-state index < -0.39 is 25.1 Å². The lowest BCUT2D eigenvalue weighted by Crippen LogP contribution is -2.31. The maximum absolute atomic E-state index is 12.5. The first-order chi connectivity index (χ1) is 9.25. The van der Waals surface area contributed by atoms with Crippen molar-refractivity contribution < 1.29 is 21.6 Å². The lowest BCUT2D eigenvalue weighted by molar-refractivity contribution is 0.412. The lowest BCUT2D eigenvalue weighted by atomic mass is 10.3. The Kier molecular flexibility index (Phi) is 4.08. The molecular weight excluding hydrogens is 302 g/mol. The van der Waals surface area contributed by atoms with Crippen molar-refractivity contribution in [1.29, 1.82) is 0 Å². The molecule has 0 aromatic heterocycles. The molecule has 20 heavy (non-hydrogen) atoms. The molecule has 1 fully saturated rings. The maximum Gasteiger partial charge on any atom is 0.243 e. The van der Waals surface area contributed by atoms with Gasteiger partial charge in [-0.15, -0.1) is 0 Å². The van der Waals surface area contributed by atoms with Crippen LogP contribution in [-0.2, 0) is 19.9 Å². The van der Waals surface area contributed by atoms with Crippen LogP contribution in [-0.4, -0.2) is 52.8 Å². The van der Waals surface area contributed by atoms with Gasteiger partial charge in [-0.1, -0.05) is 6.07 Å². The molecule has 0 unspecified atom stereocenters. The molecule has 1 aromatic carbocycles. The molecule has 1 heterocycles. The maximum atomic E-state index is 12.5. The third-order valence-corrected chi connectivity index (χ3v) is 6.85. The summed E-state index contributed by atoms with van der Waals surface area (Å²) in [6.07, 6.45) is 1.47. The number of nitrogens with zero attached hydrogens (tertiary/aromatic N) is 1. The lowest BCUT2D eigenvalue weighted by Gasteiger charge is -2.16. The van der Waals surface area contributed by atoms with Crippen molar-refractivity contribution in [2.24, 2.45) is 0 Å². The Morgan fingerprint density at radius 1 is 1.25 bits per heavy atom. The highest BCUT2D eigenvalue weighted by molar-refractivity contribution is 7.91.